The van der Waals surface area contributed by atoms with Gasteiger partial charge in [-0.25, -0.2) is 8.78 Å². The molecule has 0 aromatic heterocycles. The van der Waals surface area contributed by atoms with Crippen molar-refractivity contribution in [3.8, 4) is 0 Å². The summed E-state index contributed by atoms with van der Waals surface area (Å²) in [7, 11) is 1.19. The van der Waals surface area contributed by atoms with Crippen molar-refractivity contribution in [1.82, 2.24) is 0 Å². The number of hydrogen-bond acceptors (Lipinski definition) is 3. The van der Waals surface area contributed by atoms with Crippen LogP contribution in [0.5, 0.6) is 0 Å². The molecule has 0 aromatic carbocycles. The Balaban J connectivity index is 2.38. The van der Waals surface area contributed by atoms with Crippen molar-refractivity contribution >= 4 is 5.97 Å². The van der Waals surface area contributed by atoms with Gasteiger partial charge in [0.2, 0.25) is 5.92 Å². The molecule has 0 saturated heterocycles. The van der Waals surface area contributed by atoms with Crippen LogP contribution in [0.25, 0.3) is 0 Å². The Labute approximate surface area is 68.9 Å². The highest BCUT2D eigenvalue weighted by Crippen LogP contribution is 2.43. The van der Waals surface area contributed by atoms with Crippen LogP contribution in [0.15, 0.2) is 0 Å². The first-order valence-electron chi connectivity index (χ1n) is 3.67. The van der Waals surface area contributed by atoms with Crippen molar-refractivity contribution in [1.29, 1.82) is 0 Å². The third-order valence-electron chi connectivity index (χ3n) is 2.10. The van der Waals surface area contributed by atoms with Crippen molar-refractivity contribution < 1.29 is 18.3 Å². The van der Waals surface area contributed by atoms with Gasteiger partial charge >= 0.3 is 5.97 Å². The fraction of sp³-hybridized carbons (Fsp3) is 0.857. The second kappa shape index (κ2) is 2.97. The lowest BCUT2D eigenvalue weighted by atomic mass is 9.77. The average molecular weight is 179 g/mol. The third kappa shape index (κ3) is 1.72. The quantitative estimate of drug-likeness (QED) is 0.629. The molecule has 0 spiro atoms. The summed E-state index contributed by atoms with van der Waals surface area (Å²) in [4.78, 5) is 10.8. The molecular formula is C7H11F2NO2. The molecule has 0 amide bonds. The maximum atomic E-state index is 12.3. The van der Waals surface area contributed by atoms with Crippen LogP contribution in [0.1, 0.15) is 12.8 Å². The Morgan fingerprint density at radius 3 is 2.50 bits per heavy atom. The van der Waals surface area contributed by atoms with Crippen LogP contribution in [0, 0.1) is 5.92 Å². The summed E-state index contributed by atoms with van der Waals surface area (Å²) in [6.45, 7) is 0. The Morgan fingerprint density at radius 2 is 2.17 bits per heavy atom. The smallest absolute Gasteiger partial charge is 0.322 e. The Bertz CT molecular complexity index is 188. The van der Waals surface area contributed by atoms with Crippen LogP contribution in [-0.4, -0.2) is 25.0 Å². The van der Waals surface area contributed by atoms with Gasteiger partial charge in [0.1, 0.15) is 6.04 Å². The van der Waals surface area contributed by atoms with Crippen LogP contribution in [0.3, 0.4) is 0 Å². The van der Waals surface area contributed by atoms with Gasteiger partial charge in [0.25, 0.3) is 0 Å². The summed E-state index contributed by atoms with van der Waals surface area (Å²) in [5.41, 5.74) is 5.35. The highest BCUT2D eigenvalue weighted by Gasteiger charge is 2.49. The summed E-state index contributed by atoms with van der Waals surface area (Å²) in [5.74, 6) is -3.67. The SMILES string of the molecule is COC(=O)[C@H](N)C1CC(F)(F)C1. The number of halogens is 2. The molecule has 3 nitrogen and oxygen atoms in total. The number of rotatable bonds is 2. The van der Waals surface area contributed by atoms with Crippen molar-refractivity contribution in [2.45, 2.75) is 24.8 Å². The van der Waals surface area contributed by atoms with E-state index in [-0.39, 0.29) is 12.8 Å². The van der Waals surface area contributed by atoms with Crippen molar-refractivity contribution in [3.63, 3.8) is 0 Å². The molecule has 0 aliphatic heterocycles. The summed E-state index contributed by atoms with van der Waals surface area (Å²) in [6, 6.07) is -0.894. The number of carbonyl (C=O) groups is 1. The highest BCUT2D eigenvalue weighted by molar-refractivity contribution is 5.75. The molecule has 12 heavy (non-hydrogen) atoms. The lowest BCUT2D eigenvalue weighted by Gasteiger charge is -2.37. The van der Waals surface area contributed by atoms with Gasteiger partial charge in [0.15, 0.2) is 0 Å². The van der Waals surface area contributed by atoms with E-state index in [1.54, 1.807) is 0 Å². The second-order valence-electron chi connectivity index (χ2n) is 3.07. The molecule has 2 N–H and O–H groups in total. The van der Waals surface area contributed by atoms with Gasteiger partial charge in [-0.1, -0.05) is 0 Å². The standard InChI is InChI=1S/C7H11F2NO2/c1-12-6(11)5(10)4-2-7(8,9)3-4/h4-5H,2-3,10H2,1H3/t5-/m1/s1. The number of methoxy groups -OCH3 is 1. The van der Waals surface area contributed by atoms with Crippen molar-refractivity contribution in [3.05, 3.63) is 0 Å². The van der Waals surface area contributed by atoms with E-state index in [2.05, 4.69) is 4.74 Å². The summed E-state index contributed by atoms with van der Waals surface area (Å²) >= 11 is 0. The second-order valence-corrected chi connectivity index (χ2v) is 3.07. The van der Waals surface area contributed by atoms with E-state index in [4.69, 9.17) is 5.73 Å². The molecule has 1 atom stereocenters. The van der Waals surface area contributed by atoms with Crippen LogP contribution < -0.4 is 5.73 Å². The monoisotopic (exact) mass is 179 g/mol. The number of carbonyl (C=O) groups excluding carboxylic acids is 1. The summed E-state index contributed by atoms with van der Waals surface area (Å²) in [5, 5.41) is 0. The zero-order chi connectivity index (χ0) is 9.35. The fourth-order valence-corrected chi connectivity index (χ4v) is 1.29. The first kappa shape index (κ1) is 9.38. The maximum Gasteiger partial charge on any atom is 0.322 e. The van der Waals surface area contributed by atoms with Crippen LogP contribution in [0.4, 0.5) is 8.78 Å². The average Bonchev–Trinajstić information content (AvgIpc) is 1.97. The number of esters is 1. The molecule has 5 heteroatoms. The minimum absolute atomic E-state index is 0.302. The summed E-state index contributed by atoms with van der Waals surface area (Å²) in [6.07, 6.45) is -0.605. The van der Waals surface area contributed by atoms with Gasteiger partial charge in [0.05, 0.1) is 7.11 Å². The molecule has 0 unspecified atom stereocenters. The van der Waals surface area contributed by atoms with Crippen LogP contribution in [-0.2, 0) is 9.53 Å². The minimum atomic E-state index is -2.63. The first-order valence-corrected chi connectivity index (χ1v) is 3.67. The number of alkyl halides is 2. The molecule has 1 aliphatic rings. The predicted molar refractivity (Wildman–Crippen MR) is 37.7 cm³/mol. The largest absolute Gasteiger partial charge is 0.468 e. The molecule has 1 rings (SSSR count). The van der Waals surface area contributed by atoms with Gasteiger partial charge in [-0.2, -0.15) is 0 Å². The number of nitrogens with two attached hydrogens (primary N) is 1. The normalized spacial score (nSPS) is 24.3. The van der Waals surface area contributed by atoms with Gasteiger partial charge < -0.3 is 10.5 Å². The Hall–Kier alpha value is -0.710. The van der Waals surface area contributed by atoms with Gasteiger partial charge in [-0.15, -0.1) is 0 Å². The molecule has 0 aromatic rings. The molecule has 0 bridgehead atoms. The van der Waals surface area contributed by atoms with Crippen LogP contribution >= 0.6 is 0 Å². The van der Waals surface area contributed by atoms with E-state index in [9.17, 15) is 13.6 Å². The van der Waals surface area contributed by atoms with E-state index < -0.39 is 23.9 Å². The van der Waals surface area contributed by atoms with Gasteiger partial charge in [0, 0.05) is 12.8 Å². The molecule has 0 radical (unpaired) electrons. The Kier molecular flexibility index (Phi) is 2.32. The van der Waals surface area contributed by atoms with Gasteiger partial charge in [-0.05, 0) is 5.92 Å². The maximum absolute atomic E-state index is 12.3. The topological polar surface area (TPSA) is 52.3 Å². The van der Waals surface area contributed by atoms with E-state index in [0.29, 0.717) is 0 Å². The molecule has 1 aliphatic carbocycles. The van der Waals surface area contributed by atoms with E-state index in [1.165, 1.54) is 7.11 Å². The minimum Gasteiger partial charge on any atom is -0.468 e. The van der Waals surface area contributed by atoms with E-state index in [0.717, 1.165) is 0 Å². The van der Waals surface area contributed by atoms with Crippen LogP contribution in [0.2, 0.25) is 0 Å². The third-order valence-corrected chi connectivity index (χ3v) is 2.10. The number of hydrogen-bond donors (Lipinski definition) is 1. The lowest BCUT2D eigenvalue weighted by molar-refractivity contribution is -0.153. The highest BCUT2D eigenvalue weighted by atomic mass is 19.3. The van der Waals surface area contributed by atoms with Crippen molar-refractivity contribution in [2.75, 3.05) is 7.11 Å². The molecule has 70 valence electrons. The molecule has 0 heterocycles. The predicted octanol–water partition coefficient (Wildman–Crippen LogP) is 0.532. The fourth-order valence-electron chi connectivity index (χ4n) is 1.29. The summed E-state index contributed by atoms with van der Waals surface area (Å²) < 4.78 is 28.9. The first-order chi connectivity index (χ1) is 5.46. The lowest BCUT2D eigenvalue weighted by Crippen LogP contribution is -2.49. The van der Waals surface area contributed by atoms with Crippen molar-refractivity contribution in [2.24, 2.45) is 11.7 Å². The van der Waals surface area contributed by atoms with Gasteiger partial charge in [-0.3, -0.25) is 4.79 Å². The van der Waals surface area contributed by atoms with E-state index in [1.807, 2.05) is 0 Å². The van der Waals surface area contributed by atoms with E-state index >= 15 is 0 Å². The molecule has 1 fully saturated rings. The molecule has 1 saturated carbocycles. The zero-order valence-electron chi connectivity index (χ0n) is 6.72. The number of ether oxygens (including phenoxy) is 1. The Morgan fingerprint density at radius 1 is 1.67 bits per heavy atom. The zero-order valence-corrected chi connectivity index (χ0v) is 6.72. The molecular weight excluding hydrogens is 168 g/mol.